The Balaban J connectivity index is 2.76. The third-order valence-electron chi connectivity index (χ3n) is 1.24. The maximum Gasteiger partial charge on any atom is 0.366 e. The van der Waals surface area contributed by atoms with E-state index in [-0.39, 0.29) is 0 Å². The van der Waals surface area contributed by atoms with Crippen LogP contribution >= 0.6 is 0 Å². The fraction of sp³-hybridized carbons (Fsp3) is 0.500. The highest BCUT2D eigenvalue weighted by molar-refractivity contribution is 5.45. The van der Waals surface area contributed by atoms with Gasteiger partial charge in [-0.1, -0.05) is 4.79 Å². The molecule has 1 aromatic heterocycles. The average molecular weight is 185 g/mol. The number of anilines is 1. The lowest BCUT2D eigenvalue weighted by molar-refractivity contribution is 0.339. The Morgan fingerprint density at radius 1 is 1.85 bits per heavy atom. The van der Waals surface area contributed by atoms with Gasteiger partial charge in [-0.25, -0.2) is 4.79 Å². The zero-order valence-corrected chi connectivity index (χ0v) is 7.44. The number of rotatable bonds is 4. The third-order valence-corrected chi connectivity index (χ3v) is 1.24. The lowest BCUT2D eigenvalue weighted by atomic mass is 10.9. The van der Waals surface area contributed by atoms with Crippen molar-refractivity contribution in [2.24, 2.45) is 5.10 Å². The maximum atomic E-state index is 11.0. The Kier molecular flexibility index (Phi) is 3.07. The van der Waals surface area contributed by atoms with Crippen molar-refractivity contribution >= 4 is 12.3 Å². The largest absolute Gasteiger partial charge is 0.482 e. The first-order valence-corrected chi connectivity index (χ1v) is 3.79. The Hall–Kier alpha value is -1.79. The molecule has 0 radical (unpaired) electrons. The second-order valence-corrected chi connectivity index (χ2v) is 2.09. The van der Waals surface area contributed by atoms with Crippen LogP contribution in [0.4, 0.5) is 5.95 Å². The number of H-pyrrole nitrogens is 1. The molecule has 0 fully saturated rings. The number of aromatic nitrogens is 3. The standard InChI is InChI=1S/C6H11N5O2/c1-3-13-4-8-11-6(12)9-5(7-2)10-11/h4H,3H2,1-2H3,(H2,7,9,10,12). The van der Waals surface area contributed by atoms with Gasteiger partial charge in [0.25, 0.3) is 0 Å². The molecule has 0 aliphatic heterocycles. The summed E-state index contributed by atoms with van der Waals surface area (Å²) in [6.07, 6.45) is 1.17. The smallest absolute Gasteiger partial charge is 0.366 e. The molecule has 0 unspecified atom stereocenters. The van der Waals surface area contributed by atoms with Crippen molar-refractivity contribution in [2.45, 2.75) is 6.92 Å². The van der Waals surface area contributed by atoms with Gasteiger partial charge in [-0.15, -0.1) is 10.2 Å². The minimum atomic E-state index is -0.416. The molecule has 1 heterocycles. The molecular weight excluding hydrogens is 174 g/mol. The van der Waals surface area contributed by atoms with Gasteiger partial charge in [-0.2, -0.15) is 0 Å². The molecule has 1 aromatic rings. The van der Waals surface area contributed by atoms with Crippen LogP contribution in [0.3, 0.4) is 0 Å². The highest BCUT2D eigenvalue weighted by atomic mass is 16.5. The molecule has 13 heavy (non-hydrogen) atoms. The molecule has 72 valence electrons. The molecular formula is C6H11N5O2. The van der Waals surface area contributed by atoms with E-state index in [0.717, 1.165) is 4.79 Å². The number of nitrogens with one attached hydrogen (secondary N) is 2. The summed E-state index contributed by atoms with van der Waals surface area (Å²) in [4.78, 5) is 14.4. The van der Waals surface area contributed by atoms with Gasteiger partial charge >= 0.3 is 5.69 Å². The van der Waals surface area contributed by atoms with Crippen molar-refractivity contribution in [1.29, 1.82) is 0 Å². The van der Waals surface area contributed by atoms with Crippen LogP contribution < -0.4 is 11.0 Å². The van der Waals surface area contributed by atoms with Crippen molar-refractivity contribution in [3.05, 3.63) is 10.5 Å². The summed E-state index contributed by atoms with van der Waals surface area (Å²) in [5.74, 6) is 0.360. The van der Waals surface area contributed by atoms with E-state index in [1.54, 1.807) is 7.05 Å². The average Bonchev–Trinajstić information content (AvgIpc) is 2.48. The van der Waals surface area contributed by atoms with Crippen LogP contribution in [0.2, 0.25) is 0 Å². The summed E-state index contributed by atoms with van der Waals surface area (Å²) in [7, 11) is 1.65. The Morgan fingerprint density at radius 3 is 3.15 bits per heavy atom. The zero-order valence-electron chi connectivity index (χ0n) is 7.44. The topological polar surface area (TPSA) is 84.3 Å². The summed E-state index contributed by atoms with van der Waals surface area (Å²) in [5.41, 5.74) is -0.416. The van der Waals surface area contributed by atoms with Gasteiger partial charge < -0.3 is 10.1 Å². The van der Waals surface area contributed by atoms with Gasteiger partial charge in [-0.3, -0.25) is 4.98 Å². The second-order valence-electron chi connectivity index (χ2n) is 2.09. The molecule has 0 aliphatic carbocycles. The van der Waals surface area contributed by atoms with Crippen LogP contribution in [0.25, 0.3) is 0 Å². The van der Waals surface area contributed by atoms with Crippen LogP contribution in [0, 0.1) is 0 Å². The third kappa shape index (κ3) is 2.32. The Bertz CT molecular complexity index is 339. The molecule has 0 amide bonds. The minimum absolute atomic E-state index is 0.360. The molecule has 0 saturated heterocycles. The monoisotopic (exact) mass is 185 g/mol. The first kappa shape index (κ1) is 9.30. The molecule has 1 rings (SSSR count). The Morgan fingerprint density at radius 2 is 2.62 bits per heavy atom. The van der Waals surface area contributed by atoms with E-state index in [1.165, 1.54) is 6.40 Å². The van der Waals surface area contributed by atoms with E-state index in [0.29, 0.717) is 12.6 Å². The molecule has 0 spiro atoms. The molecule has 2 N–H and O–H groups in total. The maximum absolute atomic E-state index is 11.0. The van der Waals surface area contributed by atoms with Crippen molar-refractivity contribution in [3.63, 3.8) is 0 Å². The normalized spacial score (nSPS) is 10.6. The van der Waals surface area contributed by atoms with Crippen LogP contribution in [0.1, 0.15) is 6.92 Å². The number of ether oxygens (including phenoxy) is 1. The highest BCUT2D eigenvalue weighted by Gasteiger charge is 1.99. The summed E-state index contributed by atoms with van der Waals surface area (Å²) in [6.45, 7) is 2.32. The van der Waals surface area contributed by atoms with E-state index >= 15 is 0 Å². The second kappa shape index (κ2) is 4.29. The van der Waals surface area contributed by atoms with Gasteiger partial charge in [0.1, 0.15) is 0 Å². The minimum Gasteiger partial charge on any atom is -0.482 e. The number of hydrogen-bond donors (Lipinski definition) is 2. The lowest BCUT2D eigenvalue weighted by Crippen LogP contribution is -2.13. The highest BCUT2D eigenvalue weighted by Crippen LogP contribution is 1.87. The van der Waals surface area contributed by atoms with Crippen LogP contribution in [0.15, 0.2) is 9.90 Å². The number of aromatic amines is 1. The summed E-state index contributed by atoms with van der Waals surface area (Å²) < 4.78 is 4.81. The van der Waals surface area contributed by atoms with E-state index in [9.17, 15) is 4.79 Å². The van der Waals surface area contributed by atoms with Crippen LogP contribution in [-0.4, -0.2) is 34.9 Å². The van der Waals surface area contributed by atoms with Crippen molar-refractivity contribution in [2.75, 3.05) is 19.0 Å². The van der Waals surface area contributed by atoms with Gasteiger partial charge in [0.15, 0.2) is 6.40 Å². The molecule has 0 saturated carbocycles. The van der Waals surface area contributed by atoms with E-state index in [1.807, 2.05) is 6.92 Å². The van der Waals surface area contributed by atoms with Gasteiger partial charge in [-0.05, 0) is 6.92 Å². The SMILES string of the molecule is CCOC=Nn1nc(NC)[nH]c1=O. The van der Waals surface area contributed by atoms with Crippen molar-refractivity contribution < 1.29 is 4.74 Å². The van der Waals surface area contributed by atoms with Gasteiger partial charge in [0.2, 0.25) is 5.95 Å². The molecule has 0 atom stereocenters. The molecule has 0 aliphatic rings. The van der Waals surface area contributed by atoms with Crippen molar-refractivity contribution in [3.8, 4) is 0 Å². The van der Waals surface area contributed by atoms with Crippen molar-refractivity contribution in [1.82, 2.24) is 14.9 Å². The van der Waals surface area contributed by atoms with E-state index < -0.39 is 5.69 Å². The summed E-state index contributed by atoms with van der Waals surface area (Å²) in [6, 6.07) is 0. The zero-order chi connectivity index (χ0) is 9.68. The number of hydrogen-bond acceptors (Lipinski definition) is 5. The fourth-order valence-corrected chi connectivity index (χ4v) is 0.660. The summed E-state index contributed by atoms with van der Waals surface area (Å²) in [5, 5.41) is 10.1. The molecule has 7 heteroatoms. The molecule has 7 nitrogen and oxygen atoms in total. The quantitative estimate of drug-likeness (QED) is 0.486. The van der Waals surface area contributed by atoms with Crippen LogP contribution in [-0.2, 0) is 4.74 Å². The van der Waals surface area contributed by atoms with Crippen LogP contribution in [0.5, 0.6) is 0 Å². The van der Waals surface area contributed by atoms with Gasteiger partial charge in [0, 0.05) is 7.05 Å². The van der Waals surface area contributed by atoms with E-state index in [2.05, 4.69) is 20.5 Å². The van der Waals surface area contributed by atoms with Gasteiger partial charge in [0.05, 0.1) is 6.61 Å². The number of nitrogens with zero attached hydrogens (tertiary/aromatic N) is 3. The summed E-state index contributed by atoms with van der Waals surface area (Å²) >= 11 is 0. The molecule has 0 aromatic carbocycles. The lowest BCUT2D eigenvalue weighted by Gasteiger charge is -1.90. The predicted octanol–water partition coefficient (Wildman–Crippen LogP) is -0.559. The Labute approximate surface area is 74.4 Å². The fourth-order valence-electron chi connectivity index (χ4n) is 0.660. The first-order chi connectivity index (χ1) is 6.27. The predicted molar refractivity (Wildman–Crippen MR) is 47.9 cm³/mol. The van der Waals surface area contributed by atoms with E-state index in [4.69, 9.17) is 4.74 Å². The first-order valence-electron chi connectivity index (χ1n) is 3.79. The molecule has 0 bridgehead atoms.